The van der Waals surface area contributed by atoms with Crippen molar-refractivity contribution in [1.29, 1.82) is 0 Å². The van der Waals surface area contributed by atoms with Gasteiger partial charge in [0, 0.05) is 19.1 Å². The quantitative estimate of drug-likeness (QED) is 0.901. The molecule has 1 saturated heterocycles. The predicted octanol–water partition coefficient (Wildman–Crippen LogP) is 2.54. The van der Waals surface area contributed by atoms with Crippen molar-refractivity contribution in [2.75, 3.05) is 18.4 Å². The molecule has 1 aromatic rings. The van der Waals surface area contributed by atoms with E-state index in [0.29, 0.717) is 25.9 Å². The molecule has 1 heterocycles. The molecule has 5 nitrogen and oxygen atoms in total. The highest BCUT2D eigenvalue weighted by Crippen LogP contribution is 2.31. The van der Waals surface area contributed by atoms with Gasteiger partial charge in [-0.2, -0.15) is 0 Å². The smallest absolute Gasteiger partial charge is 0.404 e. The second-order valence-electron chi connectivity index (χ2n) is 4.79. The Hall–Kier alpha value is -2.12. The van der Waals surface area contributed by atoms with Gasteiger partial charge in [0.2, 0.25) is 0 Å². The van der Waals surface area contributed by atoms with Gasteiger partial charge in [0.15, 0.2) is 5.75 Å². The number of benzene rings is 1. The molecule has 2 amide bonds. The number of hydrogen-bond acceptors (Lipinski definition) is 3. The fraction of sp³-hybridized carbons (Fsp3) is 0.462. The minimum atomic E-state index is -4.73. The summed E-state index contributed by atoms with van der Waals surface area (Å²) >= 11 is 0. The van der Waals surface area contributed by atoms with Crippen LogP contribution in [0.25, 0.3) is 0 Å². The molecule has 0 atom stereocenters. The minimum absolute atomic E-state index is 0.0291. The van der Waals surface area contributed by atoms with E-state index in [2.05, 4.69) is 10.1 Å². The number of rotatable bonds is 3. The van der Waals surface area contributed by atoms with E-state index < -0.39 is 12.4 Å². The number of carbonyl (C=O) groups excluding carboxylic acids is 1. The number of urea groups is 1. The maximum Gasteiger partial charge on any atom is 0.573 e. The highest BCUT2D eigenvalue weighted by molar-refractivity contribution is 5.72. The molecule has 2 rings (SSSR count). The van der Waals surface area contributed by atoms with Crippen molar-refractivity contribution in [2.45, 2.75) is 25.2 Å². The molecule has 1 aliphatic heterocycles. The van der Waals surface area contributed by atoms with Crippen LogP contribution in [0.1, 0.15) is 12.8 Å². The number of alkyl halides is 3. The van der Waals surface area contributed by atoms with Gasteiger partial charge in [0.1, 0.15) is 0 Å². The first-order valence-electron chi connectivity index (χ1n) is 6.51. The highest BCUT2D eigenvalue weighted by Gasteiger charge is 2.32. The summed E-state index contributed by atoms with van der Waals surface area (Å²) in [6.07, 6.45) is -3.50. The topological polar surface area (TPSA) is 67.6 Å². The van der Waals surface area contributed by atoms with E-state index >= 15 is 0 Å². The van der Waals surface area contributed by atoms with Crippen LogP contribution < -0.4 is 15.8 Å². The van der Waals surface area contributed by atoms with E-state index in [0.717, 1.165) is 0 Å². The first kappa shape index (κ1) is 15.3. The van der Waals surface area contributed by atoms with Crippen molar-refractivity contribution < 1.29 is 22.7 Å². The molecular weight excluding hydrogens is 287 g/mol. The fourth-order valence-electron chi connectivity index (χ4n) is 2.26. The summed E-state index contributed by atoms with van der Waals surface area (Å²) in [6, 6.07) is 5.38. The Morgan fingerprint density at radius 3 is 2.48 bits per heavy atom. The van der Waals surface area contributed by atoms with Gasteiger partial charge in [-0.15, -0.1) is 13.2 Å². The molecule has 1 aliphatic rings. The molecule has 1 fully saturated rings. The number of para-hydroxylation sites is 2. The van der Waals surface area contributed by atoms with Crippen molar-refractivity contribution in [2.24, 2.45) is 5.73 Å². The molecule has 0 radical (unpaired) electrons. The Bertz CT molecular complexity index is 500. The number of halogens is 3. The third-order valence-corrected chi connectivity index (χ3v) is 3.28. The van der Waals surface area contributed by atoms with Gasteiger partial charge in [0.25, 0.3) is 0 Å². The van der Waals surface area contributed by atoms with E-state index in [1.165, 1.54) is 23.1 Å². The van der Waals surface area contributed by atoms with E-state index in [9.17, 15) is 18.0 Å². The lowest BCUT2D eigenvalue weighted by molar-refractivity contribution is -0.274. The third-order valence-electron chi connectivity index (χ3n) is 3.28. The molecule has 0 saturated carbocycles. The fourth-order valence-corrected chi connectivity index (χ4v) is 2.26. The number of amides is 2. The maximum absolute atomic E-state index is 12.3. The van der Waals surface area contributed by atoms with Gasteiger partial charge >= 0.3 is 12.4 Å². The molecule has 0 spiro atoms. The molecule has 21 heavy (non-hydrogen) atoms. The summed E-state index contributed by atoms with van der Waals surface area (Å²) in [4.78, 5) is 12.5. The van der Waals surface area contributed by atoms with Gasteiger partial charge in [-0.25, -0.2) is 4.79 Å². The number of primary amides is 1. The Balaban J connectivity index is 1.99. The highest BCUT2D eigenvalue weighted by atomic mass is 19.4. The Kier molecular flexibility index (Phi) is 4.44. The summed E-state index contributed by atoms with van der Waals surface area (Å²) < 4.78 is 41.0. The number of ether oxygens (including phenoxy) is 1. The van der Waals surface area contributed by atoms with Crippen LogP contribution in [-0.4, -0.2) is 36.4 Å². The number of nitrogens with one attached hydrogen (secondary N) is 1. The Morgan fingerprint density at radius 1 is 1.29 bits per heavy atom. The SMILES string of the molecule is NC(=O)N1CCC(Nc2ccccc2OC(F)(F)F)CC1. The standard InChI is InChI=1S/C13H16F3N3O2/c14-13(15,16)21-11-4-2-1-3-10(11)18-9-5-7-19(8-6-9)12(17)20/h1-4,9,18H,5-8H2,(H2,17,20). The second-order valence-corrected chi connectivity index (χ2v) is 4.79. The van der Waals surface area contributed by atoms with E-state index in [1.807, 2.05) is 0 Å². The lowest BCUT2D eigenvalue weighted by Gasteiger charge is -2.32. The van der Waals surface area contributed by atoms with Crippen LogP contribution in [0.3, 0.4) is 0 Å². The number of carbonyl (C=O) groups is 1. The number of nitrogens with two attached hydrogens (primary N) is 1. The van der Waals surface area contributed by atoms with Crippen LogP contribution >= 0.6 is 0 Å². The van der Waals surface area contributed by atoms with Gasteiger partial charge in [0.05, 0.1) is 5.69 Å². The summed E-state index contributed by atoms with van der Waals surface area (Å²) in [5.41, 5.74) is 5.46. The molecule has 3 N–H and O–H groups in total. The first-order valence-corrected chi connectivity index (χ1v) is 6.51. The summed E-state index contributed by atoms with van der Waals surface area (Å²) in [6.45, 7) is 0.963. The lowest BCUT2D eigenvalue weighted by Crippen LogP contribution is -2.44. The van der Waals surface area contributed by atoms with Crippen LogP contribution in [0.5, 0.6) is 5.75 Å². The largest absolute Gasteiger partial charge is 0.573 e. The monoisotopic (exact) mass is 303 g/mol. The second kappa shape index (κ2) is 6.11. The average molecular weight is 303 g/mol. The van der Waals surface area contributed by atoms with Crippen LogP contribution in [0.2, 0.25) is 0 Å². The molecule has 0 aromatic heterocycles. The van der Waals surface area contributed by atoms with Crippen LogP contribution in [0.4, 0.5) is 23.7 Å². The van der Waals surface area contributed by atoms with Crippen molar-refractivity contribution >= 4 is 11.7 Å². The number of hydrogen-bond donors (Lipinski definition) is 2. The molecule has 116 valence electrons. The summed E-state index contributed by atoms with van der Waals surface area (Å²) in [5, 5.41) is 3.03. The number of piperidine rings is 1. The number of nitrogens with zero attached hydrogens (tertiary/aromatic N) is 1. The van der Waals surface area contributed by atoms with Crippen LogP contribution in [0.15, 0.2) is 24.3 Å². The first-order chi connectivity index (χ1) is 9.85. The molecule has 0 bridgehead atoms. The lowest BCUT2D eigenvalue weighted by atomic mass is 10.0. The molecule has 0 unspecified atom stereocenters. The summed E-state index contributed by atoms with van der Waals surface area (Å²) in [5.74, 6) is -0.262. The van der Waals surface area contributed by atoms with Crippen molar-refractivity contribution in [3.63, 3.8) is 0 Å². The molecule has 8 heteroatoms. The van der Waals surface area contributed by atoms with Crippen LogP contribution in [0, 0.1) is 0 Å². The minimum Gasteiger partial charge on any atom is -0.404 e. The molecule has 0 aliphatic carbocycles. The molecule has 1 aromatic carbocycles. The van der Waals surface area contributed by atoms with Crippen molar-refractivity contribution in [3.05, 3.63) is 24.3 Å². The normalized spacial score (nSPS) is 16.6. The van der Waals surface area contributed by atoms with Crippen molar-refractivity contribution in [1.82, 2.24) is 4.90 Å². The zero-order chi connectivity index (χ0) is 15.5. The van der Waals surface area contributed by atoms with E-state index in [1.54, 1.807) is 6.07 Å². The number of anilines is 1. The van der Waals surface area contributed by atoms with Gasteiger partial charge in [-0.3, -0.25) is 0 Å². The van der Waals surface area contributed by atoms with Gasteiger partial charge in [-0.05, 0) is 25.0 Å². The Morgan fingerprint density at radius 2 is 1.90 bits per heavy atom. The van der Waals surface area contributed by atoms with Crippen LogP contribution in [-0.2, 0) is 0 Å². The van der Waals surface area contributed by atoms with Gasteiger partial charge < -0.3 is 20.7 Å². The van der Waals surface area contributed by atoms with Gasteiger partial charge in [-0.1, -0.05) is 12.1 Å². The van der Waals surface area contributed by atoms with E-state index in [4.69, 9.17) is 5.73 Å². The third kappa shape index (κ3) is 4.44. The predicted molar refractivity (Wildman–Crippen MR) is 70.9 cm³/mol. The van der Waals surface area contributed by atoms with Crippen molar-refractivity contribution in [3.8, 4) is 5.75 Å². The zero-order valence-electron chi connectivity index (χ0n) is 11.2. The average Bonchev–Trinajstić information content (AvgIpc) is 2.40. The van der Waals surface area contributed by atoms with E-state index in [-0.39, 0.29) is 17.5 Å². The molecular formula is C13H16F3N3O2. The number of likely N-dealkylation sites (tertiary alicyclic amines) is 1. The Labute approximate surface area is 119 Å². The zero-order valence-corrected chi connectivity index (χ0v) is 11.2. The maximum atomic E-state index is 12.3. The summed E-state index contributed by atoms with van der Waals surface area (Å²) in [7, 11) is 0.